The summed E-state index contributed by atoms with van der Waals surface area (Å²) >= 11 is 1.89. The fourth-order valence-corrected chi connectivity index (χ4v) is 4.26. The minimum atomic E-state index is -0.768. The monoisotopic (exact) mass is 338 g/mol. The molecule has 2 aliphatic heterocycles. The zero-order valence-corrected chi connectivity index (χ0v) is 14.0. The Hall–Kier alpha value is -1.11. The first-order chi connectivity index (χ1) is 11.1. The van der Waals surface area contributed by atoms with Crippen LogP contribution < -0.4 is 0 Å². The molecular formula is C17H23FN2O2S. The highest BCUT2D eigenvalue weighted by Gasteiger charge is 2.35. The molecule has 1 aromatic carbocycles. The van der Waals surface area contributed by atoms with Crippen molar-refractivity contribution in [2.24, 2.45) is 0 Å². The van der Waals surface area contributed by atoms with Gasteiger partial charge in [0.2, 0.25) is 5.91 Å². The third kappa shape index (κ3) is 4.05. The van der Waals surface area contributed by atoms with Crippen LogP contribution in [0.5, 0.6) is 0 Å². The molecule has 0 aromatic heterocycles. The van der Waals surface area contributed by atoms with Crippen LogP contribution in [0.25, 0.3) is 0 Å². The van der Waals surface area contributed by atoms with Gasteiger partial charge >= 0.3 is 0 Å². The number of carbonyl (C=O) groups excluding carboxylic acids is 1. The molecule has 3 rings (SSSR count). The van der Waals surface area contributed by atoms with Gasteiger partial charge in [0, 0.05) is 31.1 Å². The predicted molar refractivity (Wildman–Crippen MR) is 89.9 cm³/mol. The minimum Gasteiger partial charge on any atom is -0.387 e. The van der Waals surface area contributed by atoms with E-state index in [1.165, 1.54) is 12.1 Å². The van der Waals surface area contributed by atoms with Gasteiger partial charge in [-0.15, -0.1) is 0 Å². The lowest BCUT2D eigenvalue weighted by Gasteiger charge is -2.33. The molecule has 1 N–H and O–H groups in total. The first-order valence-corrected chi connectivity index (χ1v) is 9.35. The lowest BCUT2D eigenvalue weighted by molar-refractivity contribution is -0.136. The number of hydrogen-bond donors (Lipinski definition) is 1. The second-order valence-corrected chi connectivity index (χ2v) is 7.39. The maximum atomic E-state index is 13.3. The zero-order chi connectivity index (χ0) is 16.2. The van der Waals surface area contributed by atoms with E-state index < -0.39 is 6.10 Å². The van der Waals surface area contributed by atoms with Crippen LogP contribution in [0.2, 0.25) is 0 Å². The summed E-state index contributed by atoms with van der Waals surface area (Å²) in [6.45, 7) is 2.83. The molecule has 2 fully saturated rings. The molecule has 1 aromatic rings. The number of halogens is 1. The second-order valence-electron chi connectivity index (χ2n) is 6.16. The normalized spacial score (nSPS) is 23.9. The number of hydrogen-bond acceptors (Lipinski definition) is 4. The Morgan fingerprint density at radius 2 is 2.13 bits per heavy atom. The molecule has 126 valence electrons. The Morgan fingerprint density at radius 3 is 2.87 bits per heavy atom. The third-order valence-corrected chi connectivity index (χ3v) is 5.55. The lowest BCUT2D eigenvalue weighted by Crippen LogP contribution is -2.49. The smallest absolute Gasteiger partial charge is 0.239 e. The molecule has 2 atom stereocenters. The maximum Gasteiger partial charge on any atom is 0.239 e. The van der Waals surface area contributed by atoms with Crippen LogP contribution in [0.4, 0.5) is 4.39 Å². The van der Waals surface area contributed by atoms with Crippen LogP contribution in [0.15, 0.2) is 24.3 Å². The Bertz CT molecular complexity index is 551. The van der Waals surface area contributed by atoms with E-state index in [1.807, 2.05) is 16.7 Å². The van der Waals surface area contributed by atoms with Crippen molar-refractivity contribution < 1.29 is 14.3 Å². The van der Waals surface area contributed by atoms with Gasteiger partial charge in [0.05, 0.1) is 12.1 Å². The molecule has 0 spiro atoms. The minimum absolute atomic E-state index is 0.138. The van der Waals surface area contributed by atoms with Crippen LogP contribution in [0.3, 0.4) is 0 Å². The fourth-order valence-electron chi connectivity index (χ4n) is 3.36. The highest BCUT2D eigenvalue weighted by Crippen LogP contribution is 2.24. The number of benzene rings is 1. The Balaban J connectivity index is 1.63. The number of amides is 1. The SMILES string of the molecule is O=C([C@@H]1CCCN1C[C@H](O)c1cccc(F)c1)N1CCSCC1. The molecule has 0 unspecified atom stereocenters. The number of likely N-dealkylation sites (tertiary alicyclic amines) is 1. The van der Waals surface area contributed by atoms with E-state index in [4.69, 9.17) is 0 Å². The van der Waals surface area contributed by atoms with Crippen molar-refractivity contribution in [2.75, 3.05) is 37.7 Å². The molecule has 2 heterocycles. The molecule has 2 aliphatic rings. The van der Waals surface area contributed by atoms with E-state index in [9.17, 15) is 14.3 Å². The summed E-state index contributed by atoms with van der Waals surface area (Å²) in [4.78, 5) is 16.7. The zero-order valence-electron chi connectivity index (χ0n) is 13.2. The second kappa shape index (κ2) is 7.64. The van der Waals surface area contributed by atoms with Gasteiger partial charge in [-0.2, -0.15) is 11.8 Å². The van der Waals surface area contributed by atoms with E-state index in [0.29, 0.717) is 12.1 Å². The molecule has 0 saturated carbocycles. The first-order valence-electron chi connectivity index (χ1n) is 8.19. The Labute approximate surface area is 140 Å². The van der Waals surface area contributed by atoms with Gasteiger partial charge < -0.3 is 10.0 Å². The van der Waals surface area contributed by atoms with Crippen LogP contribution >= 0.6 is 11.8 Å². The molecule has 4 nitrogen and oxygen atoms in total. The first kappa shape index (κ1) is 16.7. The van der Waals surface area contributed by atoms with Gasteiger partial charge in [0.15, 0.2) is 0 Å². The van der Waals surface area contributed by atoms with Crippen LogP contribution in [-0.2, 0) is 4.79 Å². The summed E-state index contributed by atoms with van der Waals surface area (Å²) in [5.74, 6) is 1.85. The van der Waals surface area contributed by atoms with Crippen molar-refractivity contribution in [1.82, 2.24) is 9.80 Å². The number of aliphatic hydroxyl groups excluding tert-OH is 1. The number of rotatable bonds is 4. The Kier molecular flexibility index (Phi) is 5.56. The highest BCUT2D eigenvalue weighted by atomic mass is 32.2. The van der Waals surface area contributed by atoms with Crippen molar-refractivity contribution >= 4 is 17.7 Å². The van der Waals surface area contributed by atoms with E-state index in [1.54, 1.807) is 12.1 Å². The van der Waals surface area contributed by atoms with Crippen LogP contribution in [0.1, 0.15) is 24.5 Å². The largest absolute Gasteiger partial charge is 0.387 e. The van der Waals surface area contributed by atoms with Gasteiger partial charge in [-0.1, -0.05) is 12.1 Å². The van der Waals surface area contributed by atoms with Gasteiger partial charge in [-0.3, -0.25) is 9.69 Å². The highest BCUT2D eigenvalue weighted by molar-refractivity contribution is 7.99. The lowest BCUT2D eigenvalue weighted by atomic mass is 10.1. The number of thioether (sulfide) groups is 1. The number of carbonyl (C=O) groups is 1. The van der Waals surface area contributed by atoms with E-state index >= 15 is 0 Å². The van der Waals surface area contributed by atoms with Crippen LogP contribution in [0, 0.1) is 5.82 Å². The standard InChI is InChI=1S/C17H23FN2O2S/c18-14-4-1-3-13(11-14)16(21)12-20-6-2-5-15(20)17(22)19-7-9-23-10-8-19/h1,3-4,11,15-16,21H,2,5-10,12H2/t15-,16-/m0/s1. The molecule has 1 amide bonds. The molecule has 0 radical (unpaired) electrons. The third-order valence-electron chi connectivity index (χ3n) is 4.61. The fraction of sp³-hybridized carbons (Fsp3) is 0.588. The summed E-state index contributed by atoms with van der Waals surface area (Å²) in [7, 11) is 0. The molecule has 0 aliphatic carbocycles. The average Bonchev–Trinajstić information content (AvgIpc) is 3.03. The van der Waals surface area contributed by atoms with E-state index in [0.717, 1.165) is 44.0 Å². The van der Waals surface area contributed by atoms with Gasteiger partial charge in [0.1, 0.15) is 5.82 Å². The summed E-state index contributed by atoms with van der Waals surface area (Å²) < 4.78 is 13.3. The average molecular weight is 338 g/mol. The van der Waals surface area contributed by atoms with Crippen LogP contribution in [-0.4, -0.2) is 64.5 Å². The topological polar surface area (TPSA) is 43.8 Å². The molecule has 6 heteroatoms. The molecular weight excluding hydrogens is 315 g/mol. The Morgan fingerprint density at radius 1 is 1.35 bits per heavy atom. The van der Waals surface area contributed by atoms with Crippen molar-refractivity contribution in [3.63, 3.8) is 0 Å². The number of nitrogens with zero attached hydrogens (tertiary/aromatic N) is 2. The van der Waals surface area contributed by atoms with Gasteiger partial charge in [-0.05, 0) is 37.1 Å². The van der Waals surface area contributed by atoms with Crippen molar-refractivity contribution in [1.29, 1.82) is 0 Å². The van der Waals surface area contributed by atoms with Crippen molar-refractivity contribution in [2.45, 2.75) is 25.0 Å². The van der Waals surface area contributed by atoms with Crippen molar-refractivity contribution in [3.8, 4) is 0 Å². The summed E-state index contributed by atoms with van der Waals surface area (Å²) in [6, 6.07) is 5.92. The molecule has 0 bridgehead atoms. The maximum absolute atomic E-state index is 13.3. The van der Waals surface area contributed by atoms with Gasteiger partial charge in [0.25, 0.3) is 0 Å². The van der Waals surface area contributed by atoms with E-state index in [-0.39, 0.29) is 17.8 Å². The predicted octanol–water partition coefficient (Wildman–Crippen LogP) is 1.90. The molecule has 23 heavy (non-hydrogen) atoms. The quantitative estimate of drug-likeness (QED) is 0.911. The number of aliphatic hydroxyl groups is 1. The summed E-state index contributed by atoms with van der Waals surface area (Å²) in [5.41, 5.74) is 0.567. The van der Waals surface area contributed by atoms with Gasteiger partial charge in [-0.25, -0.2) is 4.39 Å². The summed E-state index contributed by atoms with van der Waals surface area (Å²) in [6.07, 6.45) is 1.05. The van der Waals surface area contributed by atoms with E-state index in [2.05, 4.69) is 4.90 Å². The number of β-amino-alcohol motifs (C(OH)–C–C–N with tert-alkyl or cyclic N) is 1. The summed E-state index contributed by atoms with van der Waals surface area (Å²) in [5, 5.41) is 10.4. The molecule has 2 saturated heterocycles. The van der Waals surface area contributed by atoms with Crippen molar-refractivity contribution in [3.05, 3.63) is 35.6 Å².